The summed E-state index contributed by atoms with van der Waals surface area (Å²) in [7, 11) is 0. The number of nitrogens with zero attached hydrogens (tertiary/aromatic N) is 4. The second kappa shape index (κ2) is 6.43. The topological polar surface area (TPSA) is 80.4 Å². The molecule has 0 atom stereocenters. The predicted molar refractivity (Wildman–Crippen MR) is 62.4 cm³/mol. The Kier molecular flexibility index (Phi) is 4.88. The first-order valence-corrected chi connectivity index (χ1v) is 5.28. The molecule has 1 rings (SSSR count). The van der Waals surface area contributed by atoms with E-state index in [2.05, 4.69) is 15.0 Å². The quantitative estimate of drug-likeness (QED) is 0.572. The molecular weight excluding hydrogens is 220 g/mol. The summed E-state index contributed by atoms with van der Waals surface area (Å²) in [5.74, 6) is 0.771. The van der Waals surface area contributed by atoms with E-state index in [1.807, 2.05) is 19.9 Å². The number of rotatable bonds is 5. The van der Waals surface area contributed by atoms with Crippen molar-refractivity contribution >= 4 is 12.1 Å². The molecule has 1 aromatic rings. The van der Waals surface area contributed by atoms with Crippen LogP contribution in [0.1, 0.15) is 25.4 Å². The smallest absolute Gasteiger partial charge is 0.244 e. The molecule has 0 fully saturated rings. The van der Waals surface area contributed by atoms with Crippen molar-refractivity contribution in [2.75, 3.05) is 13.2 Å². The van der Waals surface area contributed by atoms with Gasteiger partial charge in [-0.1, -0.05) is 0 Å². The summed E-state index contributed by atoms with van der Waals surface area (Å²) in [6, 6.07) is 1.96. The van der Waals surface area contributed by atoms with Crippen LogP contribution in [-0.2, 0) is 4.74 Å². The fourth-order valence-corrected chi connectivity index (χ4v) is 1.14. The molecule has 17 heavy (non-hydrogen) atoms. The fourth-order valence-electron chi connectivity index (χ4n) is 1.14. The van der Waals surface area contributed by atoms with Crippen LogP contribution in [-0.4, -0.2) is 29.6 Å². The van der Waals surface area contributed by atoms with Crippen LogP contribution in [0.15, 0.2) is 4.99 Å². The zero-order chi connectivity index (χ0) is 12.7. The number of ether oxygens (including phenoxy) is 2. The minimum Gasteiger partial charge on any atom is -0.483 e. The van der Waals surface area contributed by atoms with Crippen LogP contribution in [0, 0.1) is 18.3 Å². The number of aromatic nitrogens is 2. The molecule has 1 heterocycles. The third kappa shape index (κ3) is 3.41. The molecule has 90 valence electrons. The van der Waals surface area contributed by atoms with Gasteiger partial charge in [0.15, 0.2) is 17.8 Å². The van der Waals surface area contributed by atoms with Crippen molar-refractivity contribution < 1.29 is 9.47 Å². The van der Waals surface area contributed by atoms with Gasteiger partial charge in [0.25, 0.3) is 0 Å². The van der Waals surface area contributed by atoms with E-state index < -0.39 is 0 Å². The van der Waals surface area contributed by atoms with Crippen molar-refractivity contribution in [1.29, 1.82) is 5.26 Å². The minimum atomic E-state index is 0.178. The van der Waals surface area contributed by atoms with Gasteiger partial charge in [-0.25, -0.2) is 9.98 Å². The first-order valence-electron chi connectivity index (χ1n) is 5.28. The van der Waals surface area contributed by atoms with Crippen LogP contribution in [0.25, 0.3) is 0 Å². The number of hydrogen-bond donors (Lipinski definition) is 0. The van der Waals surface area contributed by atoms with Crippen LogP contribution in [0.4, 0.5) is 5.69 Å². The molecule has 0 saturated carbocycles. The molecule has 0 aliphatic heterocycles. The van der Waals surface area contributed by atoms with Crippen molar-refractivity contribution in [2.24, 2.45) is 4.99 Å². The van der Waals surface area contributed by atoms with E-state index in [-0.39, 0.29) is 5.69 Å². The molecule has 0 aliphatic rings. The van der Waals surface area contributed by atoms with Gasteiger partial charge in [0.2, 0.25) is 5.88 Å². The van der Waals surface area contributed by atoms with Crippen LogP contribution >= 0.6 is 0 Å². The molecule has 0 radical (unpaired) electrons. The number of nitriles is 1. The summed E-state index contributed by atoms with van der Waals surface area (Å²) in [6.07, 6.45) is 1.26. The van der Waals surface area contributed by atoms with E-state index in [1.165, 1.54) is 6.40 Å². The Labute approximate surface area is 99.9 Å². The zero-order valence-corrected chi connectivity index (χ0v) is 10.1. The molecule has 0 spiro atoms. The Morgan fingerprint density at radius 1 is 1.35 bits per heavy atom. The second-order valence-corrected chi connectivity index (χ2v) is 3.01. The first-order chi connectivity index (χ1) is 8.22. The van der Waals surface area contributed by atoms with Crippen molar-refractivity contribution in [3.8, 4) is 11.9 Å². The van der Waals surface area contributed by atoms with Gasteiger partial charge in [0.05, 0.1) is 13.2 Å². The molecule has 0 unspecified atom stereocenters. The summed E-state index contributed by atoms with van der Waals surface area (Å²) in [4.78, 5) is 12.1. The van der Waals surface area contributed by atoms with Crippen molar-refractivity contribution in [1.82, 2.24) is 9.97 Å². The molecule has 6 nitrogen and oxygen atoms in total. The van der Waals surface area contributed by atoms with Gasteiger partial charge in [0.1, 0.15) is 11.9 Å². The minimum absolute atomic E-state index is 0.178. The van der Waals surface area contributed by atoms with E-state index >= 15 is 0 Å². The highest BCUT2D eigenvalue weighted by atomic mass is 16.5. The van der Waals surface area contributed by atoms with Crippen LogP contribution in [0.2, 0.25) is 0 Å². The van der Waals surface area contributed by atoms with Gasteiger partial charge in [0, 0.05) is 0 Å². The lowest BCUT2D eigenvalue weighted by Gasteiger charge is -2.07. The van der Waals surface area contributed by atoms with E-state index in [0.29, 0.717) is 30.6 Å². The summed E-state index contributed by atoms with van der Waals surface area (Å²) in [5, 5.41) is 8.98. The average molecular weight is 234 g/mol. The molecule has 0 N–H and O–H groups in total. The third-order valence-electron chi connectivity index (χ3n) is 1.77. The Morgan fingerprint density at radius 3 is 2.71 bits per heavy atom. The SMILES string of the molecule is CCOC=Nc1c(C#N)nc(C)nc1OCC. The number of hydrogen-bond acceptors (Lipinski definition) is 6. The second-order valence-electron chi connectivity index (χ2n) is 3.01. The maximum Gasteiger partial charge on any atom is 0.244 e. The standard InChI is InChI=1S/C11H14N4O2/c1-4-16-7-13-10-9(6-12)14-8(3)15-11(10)17-5-2/h7H,4-5H2,1-3H3. The highest BCUT2D eigenvalue weighted by molar-refractivity contribution is 5.64. The molecule has 1 aromatic heterocycles. The predicted octanol–water partition coefficient (Wildman–Crippen LogP) is 1.75. The first kappa shape index (κ1) is 12.9. The lowest BCUT2D eigenvalue weighted by Crippen LogP contribution is -2.01. The maximum absolute atomic E-state index is 8.98. The van der Waals surface area contributed by atoms with Crippen molar-refractivity contribution in [3.63, 3.8) is 0 Å². The molecular formula is C11H14N4O2. The summed E-state index contributed by atoms with van der Waals surface area (Å²) >= 11 is 0. The molecule has 0 aliphatic carbocycles. The van der Waals surface area contributed by atoms with Gasteiger partial charge in [-0.05, 0) is 20.8 Å². The number of aryl methyl sites for hydroxylation is 1. The normalized spacial score (nSPS) is 10.2. The van der Waals surface area contributed by atoms with Gasteiger partial charge in [-0.15, -0.1) is 0 Å². The maximum atomic E-state index is 8.98. The monoisotopic (exact) mass is 234 g/mol. The van der Waals surface area contributed by atoms with Crippen LogP contribution in [0.5, 0.6) is 5.88 Å². The largest absolute Gasteiger partial charge is 0.483 e. The molecule has 0 saturated heterocycles. The van der Waals surface area contributed by atoms with Gasteiger partial charge >= 0.3 is 0 Å². The van der Waals surface area contributed by atoms with E-state index in [9.17, 15) is 0 Å². The lowest BCUT2D eigenvalue weighted by atomic mass is 10.3. The number of aliphatic imine (C=N–C) groups is 1. The van der Waals surface area contributed by atoms with Crippen molar-refractivity contribution in [3.05, 3.63) is 11.5 Å². The Hall–Kier alpha value is -2.16. The van der Waals surface area contributed by atoms with E-state index in [4.69, 9.17) is 14.7 Å². The molecule has 0 aromatic carbocycles. The van der Waals surface area contributed by atoms with E-state index in [0.717, 1.165) is 0 Å². The molecule has 0 amide bonds. The van der Waals surface area contributed by atoms with Gasteiger partial charge in [-0.3, -0.25) is 0 Å². The van der Waals surface area contributed by atoms with Gasteiger partial charge in [-0.2, -0.15) is 10.2 Å². The van der Waals surface area contributed by atoms with E-state index in [1.54, 1.807) is 6.92 Å². The molecule has 0 bridgehead atoms. The Morgan fingerprint density at radius 2 is 2.12 bits per heavy atom. The fraction of sp³-hybridized carbons (Fsp3) is 0.455. The molecule has 6 heteroatoms. The van der Waals surface area contributed by atoms with Gasteiger partial charge < -0.3 is 9.47 Å². The van der Waals surface area contributed by atoms with Crippen LogP contribution in [0.3, 0.4) is 0 Å². The highest BCUT2D eigenvalue weighted by Gasteiger charge is 2.13. The van der Waals surface area contributed by atoms with Crippen molar-refractivity contribution in [2.45, 2.75) is 20.8 Å². The Bertz CT molecular complexity index is 452. The average Bonchev–Trinajstić information content (AvgIpc) is 2.31. The zero-order valence-electron chi connectivity index (χ0n) is 10.1. The Balaban J connectivity index is 3.17. The highest BCUT2D eigenvalue weighted by Crippen LogP contribution is 2.27. The summed E-state index contributed by atoms with van der Waals surface area (Å²) < 4.78 is 10.3. The summed E-state index contributed by atoms with van der Waals surface area (Å²) in [5.41, 5.74) is 0.477. The van der Waals surface area contributed by atoms with Crippen LogP contribution < -0.4 is 4.74 Å². The lowest BCUT2D eigenvalue weighted by molar-refractivity contribution is 0.325. The summed E-state index contributed by atoms with van der Waals surface area (Å²) in [6.45, 7) is 6.31. The third-order valence-corrected chi connectivity index (χ3v) is 1.77.